The molecule has 0 spiro atoms. The summed E-state index contributed by atoms with van der Waals surface area (Å²) >= 11 is 0. The maximum Gasteiger partial charge on any atom is 0.222 e. The highest BCUT2D eigenvalue weighted by molar-refractivity contribution is 5.75. The van der Waals surface area contributed by atoms with E-state index in [0.29, 0.717) is 19.4 Å². The SMILES string of the molecule is CN(CCc1ccccn1)C(=O)CCCO[C@@H]1O[C@H](CO)[C@@H](O)[C@H](O)[C@H]1O. The number of hydrogen-bond acceptors (Lipinski definition) is 8. The zero-order valence-electron chi connectivity index (χ0n) is 15.3. The van der Waals surface area contributed by atoms with Gasteiger partial charge in [0.25, 0.3) is 0 Å². The first kappa shape index (κ1) is 21.7. The van der Waals surface area contributed by atoms with Crippen molar-refractivity contribution in [2.45, 2.75) is 50.0 Å². The standard InChI is InChI=1S/C18H28N2O7/c1-20(9-7-12-5-2-3-8-19-12)14(22)6-4-10-26-18-17(25)16(24)15(23)13(11-21)27-18/h2-3,5,8,13,15-18,21,23-25H,4,6-7,9-11H2,1H3/t13-,15-,16+,17-,18-/m1/s1. The molecule has 0 unspecified atom stereocenters. The van der Waals surface area contributed by atoms with E-state index >= 15 is 0 Å². The lowest BCUT2D eigenvalue weighted by Crippen LogP contribution is -2.59. The second kappa shape index (κ2) is 10.6. The van der Waals surface area contributed by atoms with Gasteiger partial charge in [-0.3, -0.25) is 9.78 Å². The molecule has 2 rings (SSSR count). The fourth-order valence-electron chi connectivity index (χ4n) is 2.77. The second-order valence-electron chi connectivity index (χ2n) is 6.56. The summed E-state index contributed by atoms with van der Waals surface area (Å²) in [5, 5.41) is 38.4. The normalized spacial score (nSPS) is 28.1. The zero-order valence-corrected chi connectivity index (χ0v) is 15.3. The topological polar surface area (TPSA) is 133 Å². The van der Waals surface area contributed by atoms with Gasteiger partial charge in [-0.1, -0.05) is 6.07 Å². The van der Waals surface area contributed by atoms with Crippen LogP contribution in [0.1, 0.15) is 18.5 Å². The Balaban J connectivity index is 1.67. The second-order valence-corrected chi connectivity index (χ2v) is 6.56. The van der Waals surface area contributed by atoms with Gasteiger partial charge in [-0.2, -0.15) is 0 Å². The number of hydrogen-bond donors (Lipinski definition) is 4. The molecule has 1 amide bonds. The van der Waals surface area contributed by atoms with E-state index in [0.717, 1.165) is 5.69 Å². The predicted molar refractivity (Wildman–Crippen MR) is 94.5 cm³/mol. The van der Waals surface area contributed by atoms with Crippen LogP contribution >= 0.6 is 0 Å². The summed E-state index contributed by atoms with van der Waals surface area (Å²) in [6, 6.07) is 5.65. The van der Waals surface area contributed by atoms with E-state index in [1.165, 1.54) is 0 Å². The highest BCUT2D eigenvalue weighted by Gasteiger charge is 2.43. The van der Waals surface area contributed by atoms with Gasteiger partial charge in [-0.25, -0.2) is 0 Å². The van der Waals surface area contributed by atoms with Crippen molar-refractivity contribution < 1.29 is 34.7 Å². The summed E-state index contributed by atoms with van der Waals surface area (Å²) in [6.07, 6.45) is -3.44. The summed E-state index contributed by atoms with van der Waals surface area (Å²) in [4.78, 5) is 18.0. The van der Waals surface area contributed by atoms with E-state index in [2.05, 4.69) is 4.98 Å². The quantitative estimate of drug-likeness (QED) is 0.385. The van der Waals surface area contributed by atoms with Crippen LogP contribution in [0.3, 0.4) is 0 Å². The number of aliphatic hydroxyl groups is 4. The van der Waals surface area contributed by atoms with E-state index in [1.54, 1.807) is 18.1 Å². The van der Waals surface area contributed by atoms with Crippen molar-refractivity contribution in [2.75, 3.05) is 26.8 Å². The van der Waals surface area contributed by atoms with Crippen molar-refractivity contribution in [3.05, 3.63) is 30.1 Å². The number of amides is 1. The molecule has 0 aliphatic carbocycles. The predicted octanol–water partition coefficient (Wildman–Crippen LogP) is -1.32. The van der Waals surface area contributed by atoms with Crippen molar-refractivity contribution in [2.24, 2.45) is 0 Å². The Morgan fingerprint density at radius 1 is 1.26 bits per heavy atom. The van der Waals surface area contributed by atoms with Crippen LogP contribution in [0.5, 0.6) is 0 Å². The lowest BCUT2D eigenvalue weighted by molar-refractivity contribution is -0.301. The zero-order chi connectivity index (χ0) is 19.8. The molecule has 4 N–H and O–H groups in total. The Labute approximate surface area is 158 Å². The highest BCUT2D eigenvalue weighted by Crippen LogP contribution is 2.22. The molecule has 1 aromatic rings. The van der Waals surface area contributed by atoms with Gasteiger partial charge in [-0.05, 0) is 18.6 Å². The van der Waals surface area contributed by atoms with E-state index in [1.807, 2.05) is 18.2 Å². The van der Waals surface area contributed by atoms with Gasteiger partial charge in [0, 0.05) is 38.3 Å². The van der Waals surface area contributed by atoms with E-state index < -0.39 is 37.3 Å². The maximum atomic E-state index is 12.1. The number of ether oxygens (including phenoxy) is 2. The summed E-state index contributed by atoms with van der Waals surface area (Å²) < 4.78 is 10.6. The fourth-order valence-corrected chi connectivity index (χ4v) is 2.77. The van der Waals surface area contributed by atoms with Crippen molar-refractivity contribution in [3.8, 4) is 0 Å². The number of aromatic nitrogens is 1. The summed E-state index contributed by atoms with van der Waals surface area (Å²) in [7, 11) is 1.73. The molecule has 27 heavy (non-hydrogen) atoms. The highest BCUT2D eigenvalue weighted by atomic mass is 16.7. The van der Waals surface area contributed by atoms with Crippen LogP contribution in [0.25, 0.3) is 0 Å². The number of carbonyl (C=O) groups excluding carboxylic acids is 1. The lowest BCUT2D eigenvalue weighted by atomic mass is 9.99. The molecule has 1 aliphatic rings. The van der Waals surface area contributed by atoms with Crippen LogP contribution in [-0.2, 0) is 20.7 Å². The minimum absolute atomic E-state index is 0.0386. The third kappa shape index (κ3) is 6.20. The summed E-state index contributed by atoms with van der Waals surface area (Å²) in [6.45, 7) is 0.177. The van der Waals surface area contributed by atoms with Crippen LogP contribution in [0.15, 0.2) is 24.4 Å². The minimum Gasteiger partial charge on any atom is -0.394 e. The van der Waals surface area contributed by atoms with Gasteiger partial charge in [0.15, 0.2) is 6.29 Å². The van der Waals surface area contributed by atoms with Gasteiger partial charge in [0.05, 0.1) is 13.2 Å². The molecule has 9 heteroatoms. The molecule has 2 heterocycles. The Hall–Kier alpha value is -1.62. The number of aliphatic hydroxyl groups excluding tert-OH is 4. The number of rotatable bonds is 9. The van der Waals surface area contributed by atoms with E-state index in [4.69, 9.17) is 14.6 Å². The number of likely N-dealkylation sites (N-methyl/N-ethyl adjacent to an activating group) is 1. The number of nitrogens with zero attached hydrogens (tertiary/aromatic N) is 2. The van der Waals surface area contributed by atoms with Gasteiger partial charge in [-0.15, -0.1) is 0 Å². The smallest absolute Gasteiger partial charge is 0.222 e. The molecule has 152 valence electrons. The van der Waals surface area contributed by atoms with Crippen LogP contribution in [-0.4, -0.2) is 93.7 Å². The lowest BCUT2D eigenvalue weighted by Gasteiger charge is -2.39. The third-order valence-electron chi connectivity index (χ3n) is 4.52. The first-order valence-electron chi connectivity index (χ1n) is 9.00. The Kier molecular flexibility index (Phi) is 8.55. The van der Waals surface area contributed by atoms with Gasteiger partial charge in [0.2, 0.25) is 5.91 Å². The van der Waals surface area contributed by atoms with Crippen LogP contribution in [0.4, 0.5) is 0 Å². The monoisotopic (exact) mass is 384 g/mol. The molecule has 9 nitrogen and oxygen atoms in total. The average molecular weight is 384 g/mol. The number of carbonyl (C=O) groups is 1. The molecule has 1 aliphatic heterocycles. The molecular weight excluding hydrogens is 356 g/mol. The average Bonchev–Trinajstić information content (AvgIpc) is 2.69. The Morgan fingerprint density at radius 2 is 2.04 bits per heavy atom. The van der Waals surface area contributed by atoms with E-state index in [-0.39, 0.29) is 18.9 Å². The van der Waals surface area contributed by atoms with Gasteiger partial charge in [0.1, 0.15) is 24.4 Å². The Bertz CT molecular complexity index is 572. The molecule has 5 atom stereocenters. The largest absolute Gasteiger partial charge is 0.394 e. The third-order valence-corrected chi connectivity index (χ3v) is 4.52. The van der Waals surface area contributed by atoms with Crippen LogP contribution in [0.2, 0.25) is 0 Å². The first-order valence-corrected chi connectivity index (χ1v) is 9.00. The molecular formula is C18H28N2O7. The van der Waals surface area contributed by atoms with Gasteiger partial charge >= 0.3 is 0 Å². The molecule has 1 aromatic heterocycles. The Morgan fingerprint density at radius 3 is 2.70 bits per heavy atom. The molecule has 0 saturated carbocycles. The van der Waals surface area contributed by atoms with E-state index in [9.17, 15) is 20.1 Å². The molecule has 1 fully saturated rings. The minimum atomic E-state index is -1.47. The summed E-state index contributed by atoms with van der Waals surface area (Å²) in [5.41, 5.74) is 0.920. The van der Waals surface area contributed by atoms with Crippen molar-refractivity contribution >= 4 is 5.91 Å². The van der Waals surface area contributed by atoms with Crippen molar-refractivity contribution in [3.63, 3.8) is 0 Å². The first-order chi connectivity index (χ1) is 12.9. The number of pyridine rings is 1. The van der Waals surface area contributed by atoms with Crippen molar-refractivity contribution in [1.29, 1.82) is 0 Å². The molecule has 0 radical (unpaired) electrons. The van der Waals surface area contributed by atoms with Gasteiger partial charge < -0.3 is 34.8 Å². The van der Waals surface area contributed by atoms with Crippen LogP contribution in [0, 0.1) is 0 Å². The molecule has 0 aromatic carbocycles. The molecule has 1 saturated heterocycles. The van der Waals surface area contributed by atoms with Crippen molar-refractivity contribution in [1.82, 2.24) is 9.88 Å². The maximum absolute atomic E-state index is 12.1. The summed E-state index contributed by atoms with van der Waals surface area (Å²) in [5.74, 6) is -0.0386. The van der Waals surface area contributed by atoms with Crippen LogP contribution < -0.4 is 0 Å². The molecule has 0 bridgehead atoms. The fraction of sp³-hybridized carbons (Fsp3) is 0.667.